The molecule has 3 rings (SSSR count). The van der Waals surface area contributed by atoms with Gasteiger partial charge in [0.15, 0.2) is 0 Å². The maximum Gasteiger partial charge on any atom is 0.416 e. The fourth-order valence-electron chi connectivity index (χ4n) is 4.06. The lowest BCUT2D eigenvalue weighted by Gasteiger charge is -2.30. The highest BCUT2D eigenvalue weighted by atomic mass is 32.2. The van der Waals surface area contributed by atoms with Crippen molar-refractivity contribution in [3.05, 3.63) is 59.9 Å². The largest absolute Gasteiger partial charge is 0.416 e. The number of benzene rings is 2. The molecule has 3 amide bonds. The van der Waals surface area contributed by atoms with E-state index >= 15 is 0 Å². The number of nitrogens with one attached hydrogen (secondary N) is 2. The number of rotatable bonds is 9. The third-order valence-electron chi connectivity index (χ3n) is 5.89. The fourth-order valence-corrected chi connectivity index (χ4v) is 4.94. The first-order valence-corrected chi connectivity index (χ1v) is 13.1. The van der Waals surface area contributed by atoms with Gasteiger partial charge in [0.05, 0.1) is 5.56 Å². The van der Waals surface area contributed by atoms with Crippen LogP contribution in [0.5, 0.6) is 0 Å². The molecule has 0 aliphatic heterocycles. The summed E-state index contributed by atoms with van der Waals surface area (Å²) in [7, 11) is -2.04. The monoisotopic (exact) mass is 541 g/mol. The summed E-state index contributed by atoms with van der Waals surface area (Å²) in [5.41, 5.74) is -0.926. The molecule has 0 saturated heterocycles. The van der Waals surface area contributed by atoms with E-state index in [-0.39, 0.29) is 17.4 Å². The predicted molar refractivity (Wildman–Crippen MR) is 132 cm³/mol. The van der Waals surface area contributed by atoms with Gasteiger partial charge in [-0.25, -0.2) is 4.39 Å². The van der Waals surface area contributed by atoms with Gasteiger partial charge in [-0.1, -0.05) is 18.9 Å². The second kappa shape index (κ2) is 12.3. The van der Waals surface area contributed by atoms with E-state index in [1.807, 2.05) is 0 Å². The van der Waals surface area contributed by atoms with Gasteiger partial charge in [-0.15, -0.1) is 0 Å². The number of carbonyl (C=O) groups excluding carboxylic acids is 3. The first kappa shape index (κ1) is 28.3. The number of carbonyl (C=O) groups is 3. The molecule has 2 aromatic rings. The first-order chi connectivity index (χ1) is 17.4. The third kappa shape index (κ3) is 8.11. The quantitative estimate of drug-likeness (QED) is 0.469. The van der Waals surface area contributed by atoms with E-state index in [0.717, 1.165) is 60.9 Å². The van der Waals surface area contributed by atoms with Crippen LogP contribution in [0.2, 0.25) is 0 Å². The SMILES string of the molecule is C[C@@H](C(=O)NC1CCCC1)N(C(=O)C[S@@](=O)CC(=O)Nc1ccc(F)cc1)c1cccc(C(F)(F)F)c1. The minimum absolute atomic E-state index is 0.0855. The third-order valence-corrected chi connectivity index (χ3v) is 7.05. The lowest BCUT2D eigenvalue weighted by Crippen LogP contribution is -2.51. The molecule has 200 valence electrons. The Morgan fingerprint density at radius 1 is 1.05 bits per heavy atom. The molecule has 0 radical (unpaired) electrons. The van der Waals surface area contributed by atoms with Crippen LogP contribution < -0.4 is 15.5 Å². The molecule has 2 aromatic carbocycles. The molecule has 0 unspecified atom stereocenters. The second-order valence-corrected chi connectivity index (χ2v) is 10.2. The van der Waals surface area contributed by atoms with Gasteiger partial charge in [-0.2, -0.15) is 13.2 Å². The summed E-state index contributed by atoms with van der Waals surface area (Å²) in [5.74, 6) is -3.90. The highest BCUT2D eigenvalue weighted by Crippen LogP contribution is 2.32. The summed E-state index contributed by atoms with van der Waals surface area (Å²) >= 11 is 0. The molecule has 0 spiro atoms. The Labute approximate surface area is 214 Å². The molecule has 0 heterocycles. The van der Waals surface area contributed by atoms with E-state index in [9.17, 15) is 36.2 Å². The summed E-state index contributed by atoms with van der Waals surface area (Å²) in [6.45, 7) is 1.38. The van der Waals surface area contributed by atoms with Crippen LogP contribution >= 0.6 is 0 Å². The standard InChI is InChI=1S/C25H27F4N3O4S/c1-16(24(35)31-19-6-2-3-7-19)32(21-8-4-5-17(13-21)25(27,28)29)23(34)15-37(36)14-22(33)30-20-11-9-18(26)10-12-20/h4-5,8-13,16,19H,2-3,6-7,14-15H2,1H3,(H,30,33)(H,31,35)/t16-,37-/m0/s1. The number of hydrogen-bond donors (Lipinski definition) is 2. The number of anilines is 2. The Morgan fingerprint density at radius 2 is 1.70 bits per heavy atom. The summed E-state index contributed by atoms with van der Waals surface area (Å²) in [4.78, 5) is 39.2. The van der Waals surface area contributed by atoms with Crippen molar-refractivity contribution in [2.75, 3.05) is 21.7 Å². The average Bonchev–Trinajstić information content (AvgIpc) is 3.33. The van der Waals surface area contributed by atoms with E-state index < -0.39 is 63.6 Å². The van der Waals surface area contributed by atoms with Crippen LogP contribution in [0.1, 0.15) is 38.2 Å². The lowest BCUT2D eigenvalue weighted by atomic mass is 10.1. The van der Waals surface area contributed by atoms with Crippen LogP contribution in [0.3, 0.4) is 0 Å². The van der Waals surface area contributed by atoms with Crippen LogP contribution in [-0.4, -0.2) is 45.5 Å². The van der Waals surface area contributed by atoms with Crippen molar-refractivity contribution < 1.29 is 36.2 Å². The zero-order valence-corrected chi connectivity index (χ0v) is 20.8. The molecular weight excluding hydrogens is 514 g/mol. The highest BCUT2D eigenvalue weighted by Gasteiger charge is 2.34. The van der Waals surface area contributed by atoms with Crippen LogP contribution in [0.15, 0.2) is 48.5 Å². The number of alkyl halides is 3. The van der Waals surface area contributed by atoms with Crippen molar-refractivity contribution in [2.24, 2.45) is 0 Å². The molecule has 7 nitrogen and oxygen atoms in total. The molecule has 2 N–H and O–H groups in total. The first-order valence-electron chi connectivity index (χ1n) is 11.6. The predicted octanol–water partition coefficient (Wildman–Crippen LogP) is 4.01. The maximum atomic E-state index is 13.3. The van der Waals surface area contributed by atoms with E-state index in [4.69, 9.17) is 0 Å². The van der Waals surface area contributed by atoms with Crippen molar-refractivity contribution in [1.82, 2.24) is 5.32 Å². The van der Waals surface area contributed by atoms with Crippen LogP contribution in [-0.2, 0) is 31.4 Å². The Bertz CT molecular complexity index is 1150. The van der Waals surface area contributed by atoms with Crippen molar-refractivity contribution in [3.8, 4) is 0 Å². The van der Waals surface area contributed by atoms with Crippen LogP contribution in [0.25, 0.3) is 0 Å². The summed E-state index contributed by atoms with van der Waals surface area (Å²) in [6.07, 6.45) is -1.27. The zero-order valence-electron chi connectivity index (χ0n) is 20.0. The molecular formula is C25H27F4N3O4S. The highest BCUT2D eigenvalue weighted by molar-refractivity contribution is 7.86. The summed E-state index contributed by atoms with van der Waals surface area (Å²) in [5, 5.41) is 5.25. The average molecular weight is 542 g/mol. The van der Waals surface area contributed by atoms with E-state index in [1.165, 1.54) is 25.1 Å². The van der Waals surface area contributed by atoms with Gasteiger partial charge in [0, 0.05) is 28.2 Å². The minimum atomic E-state index is -4.68. The van der Waals surface area contributed by atoms with Gasteiger partial charge in [0.1, 0.15) is 23.4 Å². The van der Waals surface area contributed by atoms with Gasteiger partial charge >= 0.3 is 6.18 Å². The maximum absolute atomic E-state index is 13.3. The van der Waals surface area contributed by atoms with Crippen molar-refractivity contribution >= 4 is 39.9 Å². The molecule has 12 heteroatoms. The Hall–Kier alpha value is -3.28. The van der Waals surface area contributed by atoms with Gasteiger partial charge in [-0.3, -0.25) is 23.5 Å². The van der Waals surface area contributed by atoms with Gasteiger partial charge in [0.2, 0.25) is 17.7 Å². The number of halogens is 4. The van der Waals surface area contributed by atoms with E-state index in [0.29, 0.717) is 0 Å². The Balaban J connectivity index is 1.75. The van der Waals surface area contributed by atoms with Crippen LogP contribution in [0.4, 0.5) is 28.9 Å². The van der Waals surface area contributed by atoms with Crippen molar-refractivity contribution in [2.45, 2.75) is 50.9 Å². The molecule has 37 heavy (non-hydrogen) atoms. The Kier molecular flexibility index (Phi) is 9.41. The number of hydrogen-bond acceptors (Lipinski definition) is 4. The summed E-state index contributed by atoms with van der Waals surface area (Å²) in [6, 6.07) is 7.56. The smallest absolute Gasteiger partial charge is 0.352 e. The molecule has 0 bridgehead atoms. The van der Waals surface area contributed by atoms with Crippen molar-refractivity contribution in [3.63, 3.8) is 0 Å². The zero-order chi connectivity index (χ0) is 27.2. The van der Waals surface area contributed by atoms with E-state index in [1.54, 1.807) is 0 Å². The van der Waals surface area contributed by atoms with Gasteiger partial charge < -0.3 is 10.6 Å². The molecule has 1 aliphatic carbocycles. The second-order valence-electron chi connectivity index (χ2n) is 8.76. The van der Waals surface area contributed by atoms with E-state index in [2.05, 4.69) is 10.6 Å². The molecule has 1 saturated carbocycles. The topological polar surface area (TPSA) is 95.6 Å². The fraction of sp³-hybridized carbons (Fsp3) is 0.400. The number of nitrogens with zero attached hydrogens (tertiary/aromatic N) is 1. The normalized spacial score (nSPS) is 15.6. The Morgan fingerprint density at radius 3 is 2.32 bits per heavy atom. The lowest BCUT2D eigenvalue weighted by molar-refractivity contribution is -0.137. The minimum Gasteiger partial charge on any atom is -0.352 e. The number of amides is 3. The summed E-state index contributed by atoms with van der Waals surface area (Å²) < 4.78 is 65.6. The molecule has 1 aliphatic rings. The van der Waals surface area contributed by atoms with Crippen LogP contribution in [0, 0.1) is 5.82 Å². The van der Waals surface area contributed by atoms with Gasteiger partial charge in [-0.05, 0) is 62.2 Å². The van der Waals surface area contributed by atoms with Crippen molar-refractivity contribution in [1.29, 1.82) is 0 Å². The molecule has 1 fully saturated rings. The van der Waals surface area contributed by atoms with Gasteiger partial charge in [0.25, 0.3) is 0 Å². The molecule has 2 atom stereocenters. The molecule has 0 aromatic heterocycles.